The monoisotopic (exact) mass is 560 g/mol. The van der Waals surface area contributed by atoms with Crippen LogP contribution in [-0.4, -0.2) is 23.2 Å². The van der Waals surface area contributed by atoms with E-state index in [2.05, 4.69) is 20.8 Å². The summed E-state index contributed by atoms with van der Waals surface area (Å²) in [6.45, 7) is 6.66. The summed E-state index contributed by atoms with van der Waals surface area (Å²) in [7, 11) is -1.63. The molecule has 1 rings (SSSR count). The summed E-state index contributed by atoms with van der Waals surface area (Å²) >= 11 is 0. The molecule has 0 fully saturated rings. The van der Waals surface area contributed by atoms with Gasteiger partial charge in [-0.1, -0.05) is 127 Å². The van der Waals surface area contributed by atoms with Crippen LogP contribution in [-0.2, 0) is 10.4 Å². The van der Waals surface area contributed by atoms with Gasteiger partial charge in [0, 0.05) is 17.3 Å². The second-order valence-corrected chi connectivity index (χ2v) is 14.2. The first-order chi connectivity index (χ1) is 18.3. The average Bonchev–Trinajstić information content (AvgIpc) is 2.89. The summed E-state index contributed by atoms with van der Waals surface area (Å²) < 4.78 is 45.5. The summed E-state index contributed by atoms with van der Waals surface area (Å²) in [6.07, 6.45) is 17.0. The fourth-order valence-electron chi connectivity index (χ4n) is 4.87. The number of hydrogen-bond acceptors (Lipinski definition) is 2. The SMILES string of the molecule is CCCCCCCCS(CCCCCCCC)(CCCCCCCC)OC(=O)c1ccc(C(F)(F)F)cc1. The molecule has 0 amide bonds. The quantitative estimate of drug-likeness (QED) is 0.124. The number of benzene rings is 1. The van der Waals surface area contributed by atoms with Crippen molar-refractivity contribution in [2.45, 2.75) is 143 Å². The molecule has 0 radical (unpaired) electrons. The zero-order valence-corrected chi connectivity index (χ0v) is 25.3. The molecular formula is C32H55F3O2S. The van der Waals surface area contributed by atoms with E-state index >= 15 is 0 Å². The smallest absolute Gasteiger partial charge is 0.412 e. The molecule has 0 heterocycles. The van der Waals surface area contributed by atoms with Crippen molar-refractivity contribution in [1.82, 2.24) is 0 Å². The van der Waals surface area contributed by atoms with Crippen LogP contribution in [0.2, 0.25) is 0 Å². The maximum atomic E-state index is 13.3. The first kappa shape index (κ1) is 34.9. The van der Waals surface area contributed by atoms with Gasteiger partial charge in [-0.15, -0.1) is 0 Å². The largest absolute Gasteiger partial charge is 0.416 e. The lowest BCUT2D eigenvalue weighted by molar-refractivity contribution is -0.137. The second kappa shape index (κ2) is 20.7. The Hall–Kier alpha value is -1.17. The molecule has 0 aromatic heterocycles. The third-order valence-corrected chi connectivity index (χ3v) is 10.9. The van der Waals surface area contributed by atoms with Crippen LogP contribution in [0.3, 0.4) is 0 Å². The zero-order chi connectivity index (χ0) is 28.1. The van der Waals surface area contributed by atoms with Crippen molar-refractivity contribution in [2.24, 2.45) is 0 Å². The number of carbonyl (C=O) groups excluding carboxylic acids is 1. The zero-order valence-electron chi connectivity index (χ0n) is 24.5. The molecule has 0 unspecified atom stereocenters. The van der Waals surface area contributed by atoms with Crippen LogP contribution in [0.4, 0.5) is 13.2 Å². The lowest BCUT2D eigenvalue weighted by Crippen LogP contribution is -2.21. The minimum absolute atomic E-state index is 0.226. The van der Waals surface area contributed by atoms with Crippen molar-refractivity contribution >= 4 is 16.3 Å². The van der Waals surface area contributed by atoms with Gasteiger partial charge >= 0.3 is 12.1 Å². The maximum Gasteiger partial charge on any atom is 0.416 e. The summed E-state index contributed by atoms with van der Waals surface area (Å²) in [6, 6.07) is 4.52. The fraction of sp³-hybridized carbons (Fsp3) is 0.781. The lowest BCUT2D eigenvalue weighted by Gasteiger charge is -2.39. The van der Waals surface area contributed by atoms with Gasteiger partial charge < -0.3 is 4.18 Å². The van der Waals surface area contributed by atoms with Gasteiger partial charge in [0.2, 0.25) is 0 Å². The van der Waals surface area contributed by atoms with Crippen LogP contribution in [0.5, 0.6) is 0 Å². The molecule has 222 valence electrons. The first-order valence-corrected chi connectivity index (χ1v) is 17.5. The number of unbranched alkanes of at least 4 members (excludes halogenated alkanes) is 15. The van der Waals surface area contributed by atoms with E-state index in [0.29, 0.717) is 0 Å². The van der Waals surface area contributed by atoms with E-state index in [1.165, 1.54) is 89.2 Å². The van der Waals surface area contributed by atoms with Gasteiger partial charge in [0.05, 0.1) is 11.1 Å². The van der Waals surface area contributed by atoms with E-state index < -0.39 is 28.0 Å². The second-order valence-electron chi connectivity index (χ2n) is 10.8. The van der Waals surface area contributed by atoms with E-state index in [1.54, 1.807) is 0 Å². The van der Waals surface area contributed by atoms with Crippen molar-refractivity contribution in [3.05, 3.63) is 35.4 Å². The Morgan fingerprint density at radius 3 is 1.29 bits per heavy atom. The van der Waals surface area contributed by atoms with Crippen LogP contribution in [0.1, 0.15) is 152 Å². The lowest BCUT2D eigenvalue weighted by atomic mass is 10.1. The van der Waals surface area contributed by atoms with E-state index in [4.69, 9.17) is 4.18 Å². The Balaban J connectivity index is 2.96. The number of alkyl halides is 3. The normalized spacial score (nSPS) is 12.6. The standard InChI is InChI=1S/C32H55F3O2S/c1-4-7-10-13-16-19-26-38(27-20-17-14-11-8-5-2,28-21-18-15-12-9-6-3)37-31(36)29-22-24-30(25-23-29)32(33,34)35/h22-25H,4-21,26-28H2,1-3H3. The summed E-state index contributed by atoms with van der Waals surface area (Å²) in [5.41, 5.74) is -0.511. The Morgan fingerprint density at radius 2 is 0.947 bits per heavy atom. The van der Waals surface area contributed by atoms with Crippen molar-refractivity contribution in [3.63, 3.8) is 0 Å². The molecule has 0 N–H and O–H groups in total. The molecule has 2 nitrogen and oxygen atoms in total. The third-order valence-electron chi connectivity index (χ3n) is 7.31. The highest BCUT2D eigenvalue weighted by Gasteiger charge is 2.32. The fourth-order valence-corrected chi connectivity index (χ4v) is 8.34. The molecule has 0 aliphatic rings. The van der Waals surface area contributed by atoms with Crippen molar-refractivity contribution < 1.29 is 22.1 Å². The van der Waals surface area contributed by atoms with E-state index in [0.717, 1.165) is 67.9 Å². The minimum atomic E-state index is -4.41. The molecule has 0 saturated carbocycles. The predicted molar refractivity (Wildman–Crippen MR) is 159 cm³/mol. The summed E-state index contributed by atoms with van der Waals surface area (Å²) in [5, 5.41) is 0. The predicted octanol–water partition coefficient (Wildman–Crippen LogP) is 11.7. The van der Waals surface area contributed by atoms with Crippen LogP contribution in [0, 0.1) is 0 Å². The molecule has 0 saturated heterocycles. The first-order valence-electron chi connectivity index (χ1n) is 15.5. The van der Waals surface area contributed by atoms with Gasteiger partial charge in [0.1, 0.15) is 0 Å². The van der Waals surface area contributed by atoms with Gasteiger partial charge in [-0.25, -0.2) is 4.79 Å². The Labute approximate surface area is 233 Å². The van der Waals surface area contributed by atoms with Gasteiger partial charge in [-0.05, 0) is 43.5 Å². The van der Waals surface area contributed by atoms with E-state index in [1.807, 2.05) is 0 Å². The topological polar surface area (TPSA) is 26.3 Å². The summed E-state index contributed by atoms with van der Waals surface area (Å²) in [5.74, 6) is 2.33. The molecule has 38 heavy (non-hydrogen) atoms. The van der Waals surface area contributed by atoms with E-state index in [9.17, 15) is 18.0 Å². The maximum absolute atomic E-state index is 13.3. The van der Waals surface area contributed by atoms with Gasteiger partial charge in [0.15, 0.2) is 0 Å². The van der Waals surface area contributed by atoms with E-state index in [-0.39, 0.29) is 5.56 Å². The molecule has 6 heteroatoms. The van der Waals surface area contributed by atoms with Gasteiger partial charge in [-0.3, -0.25) is 0 Å². The van der Waals surface area contributed by atoms with Crippen molar-refractivity contribution in [1.29, 1.82) is 0 Å². The highest BCUT2D eigenvalue weighted by Crippen LogP contribution is 2.52. The van der Waals surface area contributed by atoms with Gasteiger partial charge in [0.25, 0.3) is 0 Å². The highest BCUT2D eigenvalue weighted by molar-refractivity contribution is 8.30. The number of rotatable bonds is 23. The van der Waals surface area contributed by atoms with Crippen molar-refractivity contribution in [2.75, 3.05) is 17.3 Å². The van der Waals surface area contributed by atoms with Crippen LogP contribution in [0.25, 0.3) is 0 Å². The Bertz CT molecular complexity index is 678. The molecule has 1 aromatic carbocycles. The number of hydrogen-bond donors (Lipinski definition) is 0. The van der Waals surface area contributed by atoms with Crippen LogP contribution >= 0.6 is 10.3 Å². The molecule has 0 atom stereocenters. The third kappa shape index (κ3) is 15.4. The molecule has 0 aliphatic carbocycles. The molecule has 0 bridgehead atoms. The molecule has 1 aromatic rings. The van der Waals surface area contributed by atoms with Crippen LogP contribution < -0.4 is 0 Å². The average molecular weight is 561 g/mol. The Kier molecular flexibility index (Phi) is 19.0. The molecule has 0 spiro atoms. The van der Waals surface area contributed by atoms with Crippen molar-refractivity contribution in [3.8, 4) is 0 Å². The Morgan fingerprint density at radius 1 is 0.605 bits per heavy atom. The highest BCUT2D eigenvalue weighted by atomic mass is 32.3. The number of carbonyl (C=O) groups is 1. The number of halogens is 3. The molecule has 0 aliphatic heterocycles. The van der Waals surface area contributed by atoms with Gasteiger partial charge in [-0.2, -0.15) is 13.2 Å². The van der Waals surface area contributed by atoms with Crippen LogP contribution in [0.15, 0.2) is 24.3 Å². The summed E-state index contributed by atoms with van der Waals surface area (Å²) in [4.78, 5) is 13.3. The molecular weight excluding hydrogens is 505 g/mol. The minimum Gasteiger partial charge on any atom is -0.412 e.